The summed E-state index contributed by atoms with van der Waals surface area (Å²) in [6.07, 6.45) is 2.55. The summed E-state index contributed by atoms with van der Waals surface area (Å²) < 4.78 is 46.9. The smallest absolute Gasteiger partial charge is 0.416 e. The maximum absolute atomic E-state index is 13.1. The van der Waals surface area contributed by atoms with Crippen LogP contribution in [0.15, 0.2) is 89.5 Å². The Morgan fingerprint density at radius 3 is 2.58 bits per heavy atom. The number of furan rings is 1. The summed E-state index contributed by atoms with van der Waals surface area (Å²) in [5.74, 6) is -0.773. The first-order valence-corrected chi connectivity index (χ1v) is 11.9. The SMILES string of the molecule is O=C(NCCCn1ccnc1)C(=Cc1ccc(-c2cccc(C(F)(F)F)c2)o1)NC(=O)c1ccc(Cl)cc1. The van der Waals surface area contributed by atoms with Gasteiger partial charge in [-0.2, -0.15) is 13.2 Å². The normalized spacial score (nSPS) is 11.8. The molecule has 0 saturated carbocycles. The van der Waals surface area contributed by atoms with Gasteiger partial charge in [0.15, 0.2) is 0 Å². The zero-order valence-electron chi connectivity index (χ0n) is 19.8. The Balaban J connectivity index is 1.53. The van der Waals surface area contributed by atoms with Crippen LogP contribution in [0.25, 0.3) is 17.4 Å². The van der Waals surface area contributed by atoms with Crippen molar-refractivity contribution in [1.82, 2.24) is 20.2 Å². The number of hydrogen-bond acceptors (Lipinski definition) is 4. The third-order valence-corrected chi connectivity index (χ3v) is 5.68. The molecule has 7 nitrogen and oxygen atoms in total. The van der Waals surface area contributed by atoms with Crippen LogP contribution in [0, 0.1) is 0 Å². The Morgan fingerprint density at radius 2 is 1.87 bits per heavy atom. The first kappa shape index (κ1) is 26.7. The molecule has 0 saturated heterocycles. The number of halogens is 4. The Labute approximate surface area is 220 Å². The lowest BCUT2D eigenvalue weighted by atomic mass is 10.1. The van der Waals surface area contributed by atoms with E-state index in [9.17, 15) is 22.8 Å². The predicted octanol–water partition coefficient (Wildman–Crippen LogP) is 5.79. The minimum absolute atomic E-state index is 0.0995. The number of alkyl halides is 3. The highest BCUT2D eigenvalue weighted by Crippen LogP contribution is 2.32. The molecular formula is C27H22ClF3N4O3. The molecule has 0 fully saturated rings. The zero-order chi connectivity index (χ0) is 27.1. The number of carbonyl (C=O) groups is 2. The van der Waals surface area contributed by atoms with Gasteiger partial charge in [-0.05, 0) is 55.0 Å². The van der Waals surface area contributed by atoms with E-state index in [-0.39, 0.29) is 28.3 Å². The molecule has 0 aliphatic carbocycles. The van der Waals surface area contributed by atoms with E-state index in [2.05, 4.69) is 15.6 Å². The molecule has 2 N–H and O–H groups in total. The zero-order valence-corrected chi connectivity index (χ0v) is 20.6. The number of imidazole rings is 1. The minimum atomic E-state index is -4.50. The van der Waals surface area contributed by atoms with Crippen LogP contribution in [0.5, 0.6) is 0 Å². The number of carbonyl (C=O) groups excluding carboxylic acids is 2. The monoisotopic (exact) mass is 542 g/mol. The van der Waals surface area contributed by atoms with E-state index in [0.29, 0.717) is 24.5 Å². The molecule has 0 bridgehead atoms. The predicted molar refractivity (Wildman–Crippen MR) is 136 cm³/mol. The van der Waals surface area contributed by atoms with Crippen molar-refractivity contribution in [3.05, 3.63) is 107 Å². The van der Waals surface area contributed by atoms with Crippen molar-refractivity contribution in [2.75, 3.05) is 6.54 Å². The lowest BCUT2D eigenvalue weighted by Crippen LogP contribution is -2.35. The van der Waals surface area contributed by atoms with Crippen molar-refractivity contribution in [1.29, 1.82) is 0 Å². The minimum Gasteiger partial charge on any atom is -0.457 e. The number of amides is 2. The van der Waals surface area contributed by atoms with Gasteiger partial charge in [-0.25, -0.2) is 4.98 Å². The molecule has 0 aliphatic rings. The number of aromatic nitrogens is 2. The number of nitrogens with one attached hydrogen (secondary N) is 2. The van der Waals surface area contributed by atoms with Gasteiger partial charge in [0, 0.05) is 47.7 Å². The van der Waals surface area contributed by atoms with E-state index in [0.717, 1.165) is 12.1 Å². The van der Waals surface area contributed by atoms with Crippen LogP contribution in [-0.2, 0) is 17.5 Å². The highest BCUT2D eigenvalue weighted by molar-refractivity contribution is 6.30. The second-order valence-corrected chi connectivity index (χ2v) is 8.65. The molecule has 2 heterocycles. The summed E-state index contributed by atoms with van der Waals surface area (Å²) in [4.78, 5) is 29.7. The van der Waals surface area contributed by atoms with Gasteiger partial charge in [0.2, 0.25) is 0 Å². The molecule has 2 aromatic heterocycles. The van der Waals surface area contributed by atoms with Gasteiger partial charge in [-0.1, -0.05) is 23.7 Å². The average Bonchev–Trinajstić information content (AvgIpc) is 3.58. The maximum Gasteiger partial charge on any atom is 0.416 e. The summed E-state index contributed by atoms with van der Waals surface area (Å²) in [5, 5.41) is 5.78. The topological polar surface area (TPSA) is 89.2 Å². The first-order chi connectivity index (χ1) is 18.2. The summed E-state index contributed by atoms with van der Waals surface area (Å²) in [6, 6.07) is 13.8. The van der Waals surface area contributed by atoms with E-state index in [1.807, 2.05) is 4.57 Å². The second kappa shape index (κ2) is 11.8. The van der Waals surface area contributed by atoms with Gasteiger partial charge in [0.25, 0.3) is 11.8 Å². The van der Waals surface area contributed by atoms with Crippen molar-refractivity contribution >= 4 is 29.5 Å². The summed E-state index contributed by atoms with van der Waals surface area (Å²) in [6.45, 7) is 0.952. The molecule has 0 spiro atoms. The van der Waals surface area contributed by atoms with Crippen molar-refractivity contribution in [2.45, 2.75) is 19.1 Å². The van der Waals surface area contributed by atoms with Crippen molar-refractivity contribution < 1.29 is 27.2 Å². The number of rotatable bonds is 9. The van der Waals surface area contributed by atoms with E-state index in [1.54, 1.807) is 30.9 Å². The largest absolute Gasteiger partial charge is 0.457 e. The maximum atomic E-state index is 13.1. The highest BCUT2D eigenvalue weighted by atomic mass is 35.5. The molecular weight excluding hydrogens is 521 g/mol. The number of aryl methyl sites for hydroxylation is 1. The fourth-order valence-corrected chi connectivity index (χ4v) is 3.63. The third-order valence-electron chi connectivity index (χ3n) is 5.42. The van der Waals surface area contributed by atoms with E-state index >= 15 is 0 Å². The van der Waals surface area contributed by atoms with Crippen molar-refractivity contribution in [3.63, 3.8) is 0 Å². The summed E-state index contributed by atoms with van der Waals surface area (Å²) in [5.41, 5.74) is -0.417. The van der Waals surface area contributed by atoms with Crippen LogP contribution in [0.1, 0.15) is 28.1 Å². The van der Waals surface area contributed by atoms with Crippen molar-refractivity contribution in [2.24, 2.45) is 0 Å². The van der Waals surface area contributed by atoms with E-state index < -0.39 is 23.6 Å². The highest BCUT2D eigenvalue weighted by Gasteiger charge is 2.30. The van der Waals surface area contributed by atoms with Gasteiger partial charge >= 0.3 is 6.18 Å². The lowest BCUT2D eigenvalue weighted by Gasteiger charge is -2.11. The Morgan fingerprint density at radius 1 is 1.08 bits per heavy atom. The van der Waals surface area contributed by atoms with Crippen LogP contribution in [0.3, 0.4) is 0 Å². The van der Waals surface area contributed by atoms with E-state index in [4.69, 9.17) is 16.0 Å². The van der Waals surface area contributed by atoms with Crippen LogP contribution >= 0.6 is 11.6 Å². The van der Waals surface area contributed by atoms with Gasteiger partial charge in [-0.3, -0.25) is 9.59 Å². The van der Waals surface area contributed by atoms with Crippen LogP contribution in [-0.4, -0.2) is 27.9 Å². The van der Waals surface area contributed by atoms with Gasteiger partial charge in [0.05, 0.1) is 11.9 Å². The molecule has 11 heteroatoms. The van der Waals surface area contributed by atoms with Gasteiger partial charge in [-0.15, -0.1) is 0 Å². The fraction of sp³-hybridized carbons (Fsp3) is 0.148. The second-order valence-electron chi connectivity index (χ2n) is 8.21. The van der Waals surface area contributed by atoms with Gasteiger partial charge in [0.1, 0.15) is 17.2 Å². The van der Waals surface area contributed by atoms with Gasteiger partial charge < -0.3 is 19.6 Å². The fourth-order valence-electron chi connectivity index (χ4n) is 3.51. The van der Waals surface area contributed by atoms with Crippen LogP contribution < -0.4 is 10.6 Å². The Bertz CT molecular complexity index is 1430. The lowest BCUT2D eigenvalue weighted by molar-refractivity contribution is -0.137. The molecule has 0 aliphatic heterocycles. The Kier molecular flexibility index (Phi) is 8.32. The molecule has 4 rings (SSSR count). The number of hydrogen-bond donors (Lipinski definition) is 2. The molecule has 0 radical (unpaired) electrons. The summed E-state index contributed by atoms with van der Waals surface area (Å²) >= 11 is 5.89. The molecule has 2 aromatic carbocycles. The van der Waals surface area contributed by atoms with Crippen LogP contribution in [0.2, 0.25) is 5.02 Å². The molecule has 4 aromatic rings. The van der Waals surface area contributed by atoms with Crippen LogP contribution in [0.4, 0.5) is 13.2 Å². The standard InChI is InChI=1S/C27H22ClF3N4O3/c28-21-7-5-18(6-8-21)25(36)34-23(26(37)33-11-2-13-35-14-12-32-17-35)16-22-9-10-24(38-22)19-3-1-4-20(15-19)27(29,30)31/h1,3-10,12,14-17H,2,11,13H2,(H,33,37)(H,34,36). The molecule has 0 unspecified atom stereocenters. The van der Waals surface area contributed by atoms with Crippen molar-refractivity contribution in [3.8, 4) is 11.3 Å². The number of benzene rings is 2. The van der Waals surface area contributed by atoms with E-state index in [1.165, 1.54) is 42.5 Å². The third kappa shape index (κ3) is 7.13. The first-order valence-electron chi connectivity index (χ1n) is 11.5. The number of nitrogens with zero attached hydrogens (tertiary/aromatic N) is 2. The Hall–Kier alpha value is -4.31. The molecule has 0 atom stereocenters. The quantitative estimate of drug-likeness (QED) is 0.207. The molecule has 38 heavy (non-hydrogen) atoms. The average molecular weight is 543 g/mol. The molecule has 2 amide bonds. The molecule has 196 valence electrons. The summed E-state index contributed by atoms with van der Waals surface area (Å²) in [7, 11) is 0.